The molecule has 0 bridgehead atoms. The van der Waals surface area contributed by atoms with E-state index < -0.39 is 0 Å². The molecule has 0 aromatic carbocycles. The Hall–Kier alpha value is -0.610. The first kappa shape index (κ1) is 14.3. The van der Waals surface area contributed by atoms with E-state index in [4.69, 9.17) is 0 Å². The second-order valence-corrected chi connectivity index (χ2v) is 7.06. The zero-order valence-electron chi connectivity index (χ0n) is 12.9. The number of carbonyl (C=O) groups is 1. The number of hydrogen-bond donors (Lipinski definition) is 1. The number of nitrogens with zero attached hydrogens (tertiary/aromatic N) is 2. The second-order valence-electron chi connectivity index (χ2n) is 7.06. The highest BCUT2D eigenvalue weighted by Gasteiger charge is 2.45. The number of amides is 1. The first-order valence-corrected chi connectivity index (χ1v) is 8.42. The lowest BCUT2D eigenvalue weighted by Gasteiger charge is -2.53. The maximum atomic E-state index is 13.0. The fourth-order valence-corrected chi connectivity index (χ4v) is 4.44. The molecule has 20 heavy (non-hydrogen) atoms. The van der Waals surface area contributed by atoms with Gasteiger partial charge < -0.3 is 15.1 Å². The molecule has 1 unspecified atom stereocenters. The van der Waals surface area contributed by atoms with E-state index in [1.165, 1.54) is 32.1 Å². The first-order chi connectivity index (χ1) is 9.71. The van der Waals surface area contributed by atoms with Crippen molar-refractivity contribution in [3.05, 3.63) is 0 Å². The van der Waals surface area contributed by atoms with Crippen LogP contribution in [0.1, 0.15) is 44.9 Å². The summed E-state index contributed by atoms with van der Waals surface area (Å²) < 4.78 is 0. The first-order valence-electron chi connectivity index (χ1n) is 8.42. The van der Waals surface area contributed by atoms with Crippen LogP contribution in [-0.4, -0.2) is 61.0 Å². The zero-order chi connectivity index (χ0) is 14.0. The summed E-state index contributed by atoms with van der Waals surface area (Å²) in [6.07, 6.45) is 8.58. The van der Waals surface area contributed by atoms with Gasteiger partial charge in [0.05, 0.1) is 11.5 Å². The van der Waals surface area contributed by atoms with Crippen LogP contribution in [0.15, 0.2) is 0 Å². The number of carbonyl (C=O) groups excluding carboxylic acids is 1. The highest BCUT2D eigenvalue weighted by molar-refractivity contribution is 5.80. The van der Waals surface area contributed by atoms with Crippen molar-refractivity contribution < 1.29 is 4.79 Å². The van der Waals surface area contributed by atoms with Crippen LogP contribution in [0.25, 0.3) is 0 Å². The largest absolute Gasteiger partial charge is 0.334 e. The van der Waals surface area contributed by atoms with Gasteiger partial charge in [-0.2, -0.15) is 0 Å². The molecular formula is C16H29N3O. The molecule has 1 N–H and O–H groups in total. The molecule has 3 aliphatic rings. The minimum absolute atomic E-state index is 0.153. The molecule has 1 saturated carbocycles. The van der Waals surface area contributed by atoms with Crippen molar-refractivity contribution in [2.75, 3.05) is 39.8 Å². The van der Waals surface area contributed by atoms with Crippen molar-refractivity contribution in [2.24, 2.45) is 5.92 Å². The summed E-state index contributed by atoms with van der Waals surface area (Å²) in [6, 6.07) is 0. The maximum Gasteiger partial charge on any atom is 0.227 e. The summed E-state index contributed by atoms with van der Waals surface area (Å²) in [5.74, 6) is 0.665. The van der Waals surface area contributed by atoms with Crippen LogP contribution in [0, 0.1) is 5.92 Å². The summed E-state index contributed by atoms with van der Waals surface area (Å²) in [5, 5.41) is 3.40. The standard InChI is InChI=1S/C16H29N3O/c1-18-10-11-19(15(20)14-6-5-9-17-12-14)16(13-18)7-3-2-4-8-16/h14,17H,2-13H2,1H3. The normalized spacial score (nSPS) is 31.4. The van der Waals surface area contributed by atoms with Gasteiger partial charge in [-0.25, -0.2) is 0 Å². The van der Waals surface area contributed by atoms with Crippen LogP contribution in [0.4, 0.5) is 0 Å². The van der Waals surface area contributed by atoms with Crippen molar-refractivity contribution >= 4 is 5.91 Å². The molecule has 2 aliphatic heterocycles. The molecule has 1 aliphatic carbocycles. The highest BCUT2D eigenvalue weighted by atomic mass is 16.2. The minimum atomic E-state index is 0.153. The van der Waals surface area contributed by atoms with E-state index in [9.17, 15) is 4.79 Å². The Kier molecular flexibility index (Phi) is 4.32. The van der Waals surface area contributed by atoms with E-state index in [1.54, 1.807) is 0 Å². The molecule has 1 spiro atoms. The van der Waals surface area contributed by atoms with E-state index >= 15 is 0 Å². The summed E-state index contributed by atoms with van der Waals surface area (Å²) in [4.78, 5) is 17.7. The lowest BCUT2D eigenvalue weighted by atomic mass is 9.77. The maximum absolute atomic E-state index is 13.0. The molecule has 3 rings (SSSR count). The zero-order valence-corrected chi connectivity index (χ0v) is 12.9. The molecule has 0 aromatic heterocycles. The van der Waals surface area contributed by atoms with E-state index in [1.807, 2.05) is 0 Å². The molecule has 0 radical (unpaired) electrons. The molecule has 1 amide bonds. The predicted octanol–water partition coefficient (Wildman–Crippen LogP) is 1.46. The summed E-state index contributed by atoms with van der Waals surface area (Å²) in [6.45, 7) is 5.03. The molecule has 1 atom stereocenters. The molecule has 0 aromatic rings. The van der Waals surface area contributed by atoms with Crippen LogP contribution in [0.5, 0.6) is 0 Å². The van der Waals surface area contributed by atoms with Gasteiger partial charge in [0, 0.05) is 26.2 Å². The van der Waals surface area contributed by atoms with Gasteiger partial charge >= 0.3 is 0 Å². The molecule has 3 fully saturated rings. The number of rotatable bonds is 1. The molecule has 114 valence electrons. The van der Waals surface area contributed by atoms with Gasteiger partial charge in [0.25, 0.3) is 0 Å². The lowest BCUT2D eigenvalue weighted by molar-refractivity contribution is -0.149. The topological polar surface area (TPSA) is 35.6 Å². The van der Waals surface area contributed by atoms with E-state index in [2.05, 4.69) is 22.2 Å². The average molecular weight is 279 g/mol. The third kappa shape index (κ3) is 2.73. The smallest absolute Gasteiger partial charge is 0.227 e. The van der Waals surface area contributed by atoms with Gasteiger partial charge in [0.1, 0.15) is 0 Å². The summed E-state index contributed by atoms with van der Waals surface area (Å²) >= 11 is 0. The van der Waals surface area contributed by atoms with Gasteiger partial charge in [-0.05, 0) is 39.3 Å². The quantitative estimate of drug-likeness (QED) is 0.789. The van der Waals surface area contributed by atoms with Crippen molar-refractivity contribution in [3.63, 3.8) is 0 Å². The lowest BCUT2D eigenvalue weighted by Crippen LogP contribution is -2.65. The van der Waals surface area contributed by atoms with Crippen LogP contribution >= 0.6 is 0 Å². The monoisotopic (exact) mass is 279 g/mol. The molecular weight excluding hydrogens is 250 g/mol. The van der Waals surface area contributed by atoms with Gasteiger partial charge in [0.2, 0.25) is 5.91 Å². The Morgan fingerprint density at radius 1 is 1.15 bits per heavy atom. The summed E-state index contributed by atoms with van der Waals surface area (Å²) in [7, 11) is 2.21. The Bertz CT molecular complexity index is 346. The van der Waals surface area contributed by atoms with E-state index in [0.29, 0.717) is 5.91 Å². The molecule has 4 nitrogen and oxygen atoms in total. The van der Waals surface area contributed by atoms with Crippen molar-refractivity contribution in [3.8, 4) is 0 Å². The van der Waals surface area contributed by atoms with Crippen LogP contribution in [0.2, 0.25) is 0 Å². The van der Waals surface area contributed by atoms with Crippen LogP contribution in [-0.2, 0) is 4.79 Å². The van der Waals surface area contributed by atoms with Crippen molar-refractivity contribution in [1.29, 1.82) is 0 Å². The van der Waals surface area contributed by atoms with Gasteiger partial charge in [-0.1, -0.05) is 19.3 Å². The Labute approximate surface area is 122 Å². The molecule has 4 heteroatoms. The highest BCUT2D eigenvalue weighted by Crippen LogP contribution is 2.37. The number of likely N-dealkylation sites (N-methyl/N-ethyl adjacent to an activating group) is 1. The number of nitrogens with one attached hydrogen (secondary N) is 1. The van der Waals surface area contributed by atoms with Gasteiger partial charge in [-0.3, -0.25) is 4.79 Å². The SMILES string of the molecule is CN1CCN(C(=O)C2CCCNC2)C2(CCCCC2)C1. The van der Waals surface area contributed by atoms with Crippen LogP contribution in [0.3, 0.4) is 0 Å². The average Bonchev–Trinajstić information content (AvgIpc) is 2.48. The third-order valence-electron chi connectivity index (χ3n) is 5.54. The number of piperazine rings is 1. The third-order valence-corrected chi connectivity index (χ3v) is 5.54. The number of hydrogen-bond acceptors (Lipinski definition) is 3. The molecule has 2 saturated heterocycles. The van der Waals surface area contributed by atoms with Crippen molar-refractivity contribution in [1.82, 2.24) is 15.1 Å². The van der Waals surface area contributed by atoms with Gasteiger partial charge in [-0.15, -0.1) is 0 Å². The predicted molar refractivity (Wildman–Crippen MR) is 80.6 cm³/mol. The Balaban J connectivity index is 1.76. The second kappa shape index (κ2) is 6.02. The Morgan fingerprint density at radius 2 is 1.95 bits per heavy atom. The fourth-order valence-electron chi connectivity index (χ4n) is 4.44. The van der Waals surface area contributed by atoms with Gasteiger partial charge in [0.15, 0.2) is 0 Å². The fraction of sp³-hybridized carbons (Fsp3) is 0.938. The number of piperidine rings is 1. The Morgan fingerprint density at radius 3 is 2.65 bits per heavy atom. The van der Waals surface area contributed by atoms with Crippen molar-refractivity contribution in [2.45, 2.75) is 50.5 Å². The minimum Gasteiger partial charge on any atom is -0.334 e. The molecule has 2 heterocycles. The van der Waals surface area contributed by atoms with E-state index in [-0.39, 0.29) is 11.5 Å². The summed E-state index contributed by atoms with van der Waals surface area (Å²) in [5.41, 5.74) is 0.153. The van der Waals surface area contributed by atoms with E-state index in [0.717, 1.165) is 45.6 Å². The van der Waals surface area contributed by atoms with Crippen LogP contribution < -0.4 is 5.32 Å².